The Hall–Kier alpha value is -1.67. The van der Waals surface area contributed by atoms with Gasteiger partial charge >= 0.3 is 0 Å². The van der Waals surface area contributed by atoms with Crippen molar-refractivity contribution in [3.63, 3.8) is 0 Å². The van der Waals surface area contributed by atoms with Gasteiger partial charge in [-0.2, -0.15) is 0 Å². The van der Waals surface area contributed by atoms with E-state index in [1.165, 1.54) is 5.56 Å². The molecule has 0 bridgehead atoms. The Labute approximate surface area is 113 Å². The lowest BCUT2D eigenvalue weighted by molar-refractivity contribution is 0.340. The van der Waals surface area contributed by atoms with E-state index in [1.807, 2.05) is 43.3 Å². The molecule has 0 radical (unpaired) electrons. The first-order valence-corrected chi connectivity index (χ1v) is 6.37. The SMILES string of the molecule is CCOc1ccc(NCc2ccccc2)cc1Cl. The number of hydrogen-bond acceptors (Lipinski definition) is 2. The zero-order chi connectivity index (χ0) is 12.8. The van der Waals surface area contributed by atoms with Crippen LogP contribution in [-0.4, -0.2) is 6.61 Å². The van der Waals surface area contributed by atoms with Crippen molar-refractivity contribution in [1.82, 2.24) is 0 Å². The average molecular weight is 262 g/mol. The van der Waals surface area contributed by atoms with Gasteiger partial charge in [-0.05, 0) is 30.7 Å². The van der Waals surface area contributed by atoms with Crippen molar-refractivity contribution in [3.8, 4) is 5.75 Å². The summed E-state index contributed by atoms with van der Waals surface area (Å²) >= 11 is 6.12. The van der Waals surface area contributed by atoms with E-state index in [2.05, 4.69) is 17.4 Å². The van der Waals surface area contributed by atoms with Gasteiger partial charge in [-0.1, -0.05) is 41.9 Å². The first-order chi connectivity index (χ1) is 8.79. The van der Waals surface area contributed by atoms with E-state index in [9.17, 15) is 0 Å². The zero-order valence-corrected chi connectivity index (χ0v) is 11.1. The van der Waals surface area contributed by atoms with Gasteiger partial charge in [-0.3, -0.25) is 0 Å². The van der Waals surface area contributed by atoms with Gasteiger partial charge in [0.1, 0.15) is 5.75 Å². The van der Waals surface area contributed by atoms with Crippen LogP contribution in [0.5, 0.6) is 5.75 Å². The summed E-state index contributed by atoms with van der Waals surface area (Å²) in [5.41, 5.74) is 2.23. The maximum absolute atomic E-state index is 6.12. The molecule has 18 heavy (non-hydrogen) atoms. The highest BCUT2D eigenvalue weighted by Gasteiger charge is 2.02. The molecule has 0 saturated carbocycles. The predicted molar refractivity (Wildman–Crippen MR) is 76.4 cm³/mol. The lowest BCUT2D eigenvalue weighted by Crippen LogP contribution is -1.99. The van der Waals surface area contributed by atoms with Crippen molar-refractivity contribution in [2.45, 2.75) is 13.5 Å². The van der Waals surface area contributed by atoms with Crippen molar-refractivity contribution in [2.75, 3.05) is 11.9 Å². The van der Waals surface area contributed by atoms with Crippen LogP contribution in [0.15, 0.2) is 48.5 Å². The number of nitrogens with one attached hydrogen (secondary N) is 1. The molecule has 2 nitrogen and oxygen atoms in total. The second-order valence-electron chi connectivity index (χ2n) is 3.92. The summed E-state index contributed by atoms with van der Waals surface area (Å²) in [6, 6.07) is 16.0. The molecule has 2 aromatic rings. The molecule has 0 aromatic heterocycles. The fourth-order valence-electron chi connectivity index (χ4n) is 1.68. The molecule has 0 amide bonds. The minimum Gasteiger partial charge on any atom is -0.492 e. The summed E-state index contributed by atoms with van der Waals surface area (Å²) in [7, 11) is 0. The highest BCUT2D eigenvalue weighted by molar-refractivity contribution is 6.32. The van der Waals surface area contributed by atoms with E-state index in [-0.39, 0.29) is 0 Å². The van der Waals surface area contributed by atoms with Gasteiger partial charge in [0.25, 0.3) is 0 Å². The van der Waals surface area contributed by atoms with Gasteiger partial charge in [0, 0.05) is 12.2 Å². The minimum atomic E-state index is 0.622. The third-order valence-corrected chi connectivity index (χ3v) is 2.87. The molecule has 0 spiro atoms. The zero-order valence-electron chi connectivity index (χ0n) is 10.3. The molecule has 0 aliphatic heterocycles. The molecule has 0 fully saturated rings. The van der Waals surface area contributed by atoms with Crippen molar-refractivity contribution >= 4 is 17.3 Å². The number of anilines is 1. The molecule has 0 heterocycles. The van der Waals surface area contributed by atoms with Crippen LogP contribution in [0, 0.1) is 0 Å². The third-order valence-electron chi connectivity index (χ3n) is 2.57. The molecule has 0 unspecified atom stereocenters. The van der Waals surface area contributed by atoms with E-state index < -0.39 is 0 Å². The average Bonchev–Trinajstić information content (AvgIpc) is 2.41. The van der Waals surface area contributed by atoms with Crippen LogP contribution in [0.1, 0.15) is 12.5 Å². The highest BCUT2D eigenvalue weighted by atomic mass is 35.5. The Kier molecular flexibility index (Phi) is 4.48. The van der Waals surface area contributed by atoms with Crippen molar-refractivity contribution in [1.29, 1.82) is 0 Å². The van der Waals surface area contributed by atoms with Crippen LogP contribution in [-0.2, 0) is 6.54 Å². The van der Waals surface area contributed by atoms with E-state index >= 15 is 0 Å². The van der Waals surface area contributed by atoms with E-state index in [0.717, 1.165) is 18.0 Å². The van der Waals surface area contributed by atoms with E-state index in [1.54, 1.807) is 0 Å². The van der Waals surface area contributed by atoms with Gasteiger partial charge in [0.2, 0.25) is 0 Å². The number of hydrogen-bond donors (Lipinski definition) is 1. The van der Waals surface area contributed by atoms with Gasteiger partial charge in [-0.15, -0.1) is 0 Å². The summed E-state index contributed by atoms with van der Waals surface area (Å²) in [5.74, 6) is 0.726. The second-order valence-corrected chi connectivity index (χ2v) is 4.32. The number of benzene rings is 2. The maximum atomic E-state index is 6.12. The maximum Gasteiger partial charge on any atom is 0.138 e. The lowest BCUT2D eigenvalue weighted by atomic mass is 10.2. The monoisotopic (exact) mass is 261 g/mol. The molecule has 0 atom stereocenters. The summed E-state index contributed by atoms with van der Waals surface area (Å²) < 4.78 is 5.39. The molecule has 94 valence electrons. The van der Waals surface area contributed by atoms with Crippen LogP contribution >= 0.6 is 11.6 Å². The molecular formula is C15H16ClNO. The quantitative estimate of drug-likeness (QED) is 0.864. The number of ether oxygens (including phenoxy) is 1. The van der Waals surface area contributed by atoms with Gasteiger partial charge in [0.05, 0.1) is 11.6 Å². The predicted octanol–water partition coefficient (Wildman–Crippen LogP) is 4.35. The van der Waals surface area contributed by atoms with Crippen LogP contribution < -0.4 is 10.1 Å². The molecule has 0 aliphatic carbocycles. The van der Waals surface area contributed by atoms with Gasteiger partial charge in [-0.25, -0.2) is 0 Å². The number of rotatable bonds is 5. The van der Waals surface area contributed by atoms with Crippen molar-refractivity contribution in [2.24, 2.45) is 0 Å². The van der Waals surface area contributed by atoms with Crippen molar-refractivity contribution in [3.05, 3.63) is 59.1 Å². The van der Waals surface area contributed by atoms with Crippen LogP contribution in [0.25, 0.3) is 0 Å². The van der Waals surface area contributed by atoms with E-state index in [4.69, 9.17) is 16.3 Å². The van der Waals surface area contributed by atoms with Gasteiger partial charge in [0.15, 0.2) is 0 Å². The van der Waals surface area contributed by atoms with Crippen LogP contribution in [0.2, 0.25) is 5.02 Å². The van der Waals surface area contributed by atoms with Crippen LogP contribution in [0.3, 0.4) is 0 Å². The molecule has 0 aliphatic rings. The fraction of sp³-hybridized carbons (Fsp3) is 0.200. The Balaban J connectivity index is 2.00. The molecule has 1 N–H and O–H groups in total. The second kappa shape index (κ2) is 6.31. The van der Waals surface area contributed by atoms with Crippen LogP contribution in [0.4, 0.5) is 5.69 Å². The lowest BCUT2D eigenvalue weighted by Gasteiger charge is -2.10. The first-order valence-electron chi connectivity index (χ1n) is 5.99. The fourth-order valence-corrected chi connectivity index (χ4v) is 1.92. The molecule has 2 rings (SSSR count). The minimum absolute atomic E-state index is 0.622. The summed E-state index contributed by atoms with van der Waals surface area (Å²) in [6.45, 7) is 3.35. The first kappa shape index (κ1) is 12.8. The Morgan fingerprint density at radius 2 is 1.89 bits per heavy atom. The number of halogens is 1. The summed E-state index contributed by atoms with van der Waals surface area (Å²) in [4.78, 5) is 0. The Morgan fingerprint density at radius 1 is 1.11 bits per heavy atom. The normalized spacial score (nSPS) is 10.1. The molecule has 2 aromatic carbocycles. The topological polar surface area (TPSA) is 21.3 Å². The molecule has 0 saturated heterocycles. The Morgan fingerprint density at radius 3 is 2.56 bits per heavy atom. The Bertz CT molecular complexity index is 499. The highest BCUT2D eigenvalue weighted by Crippen LogP contribution is 2.27. The summed E-state index contributed by atoms with van der Waals surface area (Å²) in [6.07, 6.45) is 0. The van der Waals surface area contributed by atoms with E-state index in [0.29, 0.717) is 11.6 Å². The third kappa shape index (κ3) is 3.41. The largest absolute Gasteiger partial charge is 0.492 e. The molecular weight excluding hydrogens is 246 g/mol. The van der Waals surface area contributed by atoms with Gasteiger partial charge < -0.3 is 10.1 Å². The van der Waals surface area contributed by atoms with Crippen molar-refractivity contribution < 1.29 is 4.74 Å². The standard InChI is InChI=1S/C15H16ClNO/c1-2-18-15-9-8-13(10-14(15)16)17-11-12-6-4-3-5-7-12/h3-10,17H,2,11H2,1H3. The summed E-state index contributed by atoms with van der Waals surface area (Å²) in [5, 5.41) is 3.97. The molecule has 3 heteroatoms. The smallest absolute Gasteiger partial charge is 0.138 e.